The van der Waals surface area contributed by atoms with Crippen LogP contribution in [0.5, 0.6) is 11.5 Å². The van der Waals surface area contributed by atoms with Crippen molar-refractivity contribution in [1.82, 2.24) is 0 Å². The molecule has 0 aliphatic heterocycles. The van der Waals surface area contributed by atoms with Crippen LogP contribution in [-0.4, -0.2) is 14.2 Å². The Bertz CT molecular complexity index is 500. The van der Waals surface area contributed by atoms with Crippen molar-refractivity contribution in [2.45, 2.75) is 63.2 Å². The lowest BCUT2D eigenvalue weighted by Gasteiger charge is -2.25. The van der Waals surface area contributed by atoms with E-state index in [2.05, 4.69) is 15.3 Å². The zero-order chi connectivity index (χ0) is 14.8. The van der Waals surface area contributed by atoms with Crippen LogP contribution in [0, 0.1) is 0 Å². The van der Waals surface area contributed by atoms with Crippen LogP contribution in [-0.2, 0) is 0 Å². The average Bonchev–Trinajstić information content (AvgIpc) is 3.19. The minimum absolute atomic E-state index is 0.607. The Morgan fingerprint density at radius 1 is 0.857 bits per heavy atom. The van der Waals surface area contributed by atoms with Gasteiger partial charge in [-0.05, 0) is 49.1 Å². The van der Waals surface area contributed by atoms with Crippen molar-refractivity contribution in [3.05, 3.63) is 17.2 Å². The van der Waals surface area contributed by atoms with Crippen molar-refractivity contribution in [1.29, 1.82) is 0 Å². The van der Waals surface area contributed by atoms with E-state index in [9.17, 15) is 0 Å². The molecule has 2 saturated carbocycles. The summed E-state index contributed by atoms with van der Waals surface area (Å²) in [4.78, 5) is 0. The van der Waals surface area contributed by atoms with Crippen LogP contribution in [0.15, 0.2) is 6.07 Å². The van der Waals surface area contributed by atoms with Crippen LogP contribution in [0.25, 0.3) is 0 Å². The molecule has 0 amide bonds. The molecule has 21 heavy (non-hydrogen) atoms. The van der Waals surface area contributed by atoms with Gasteiger partial charge in [0.25, 0.3) is 0 Å². The molecule has 0 saturated heterocycles. The smallest absolute Gasteiger partial charge is 0.133 e. The molecule has 3 rings (SSSR count). The second-order valence-corrected chi connectivity index (χ2v) is 7.12. The van der Waals surface area contributed by atoms with Gasteiger partial charge in [-0.1, -0.05) is 25.7 Å². The van der Waals surface area contributed by atoms with E-state index in [1.54, 1.807) is 7.11 Å². The molecule has 2 nitrogen and oxygen atoms in total. The molecule has 0 heterocycles. The molecule has 0 radical (unpaired) electrons. The summed E-state index contributed by atoms with van der Waals surface area (Å²) in [6, 6.07) is 2.29. The third-order valence-electron chi connectivity index (χ3n) is 5.29. The van der Waals surface area contributed by atoms with Gasteiger partial charge in [0.1, 0.15) is 11.5 Å². The van der Waals surface area contributed by atoms with Gasteiger partial charge in [-0.3, -0.25) is 0 Å². The van der Waals surface area contributed by atoms with E-state index in [1.165, 1.54) is 67.8 Å². The van der Waals surface area contributed by atoms with E-state index in [4.69, 9.17) is 9.47 Å². The second kappa shape index (κ2) is 6.57. The highest BCUT2D eigenvalue weighted by Gasteiger charge is 2.30. The Morgan fingerprint density at radius 2 is 1.38 bits per heavy atom. The van der Waals surface area contributed by atoms with Gasteiger partial charge in [0.15, 0.2) is 0 Å². The predicted octanol–water partition coefficient (Wildman–Crippen LogP) is 4.52. The Labute approximate surface area is 130 Å². The van der Waals surface area contributed by atoms with E-state index >= 15 is 0 Å². The summed E-state index contributed by atoms with van der Waals surface area (Å²) in [6.45, 7) is 0. The summed E-state index contributed by atoms with van der Waals surface area (Å²) in [5.41, 5.74) is 2.76. The first-order valence-corrected chi connectivity index (χ1v) is 8.88. The molecule has 116 valence electrons. The minimum Gasteiger partial charge on any atom is -0.496 e. The first-order chi connectivity index (χ1) is 10.3. The fourth-order valence-electron chi connectivity index (χ4n) is 4.29. The Hall–Kier alpha value is -0.750. The molecule has 3 heteroatoms. The zero-order valence-electron chi connectivity index (χ0n) is 13.3. The number of rotatable bonds is 4. The summed E-state index contributed by atoms with van der Waals surface area (Å²) < 4.78 is 11.7. The molecular formula is C18H27O2P. The molecule has 1 aromatic carbocycles. The molecule has 1 unspecified atom stereocenters. The lowest BCUT2D eigenvalue weighted by Crippen LogP contribution is -2.12. The van der Waals surface area contributed by atoms with Gasteiger partial charge in [0.05, 0.1) is 14.2 Å². The molecule has 0 bridgehead atoms. The quantitative estimate of drug-likeness (QED) is 0.761. The average molecular weight is 306 g/mol. The van der Waals surface area contributed by atoms with E-state index in [1.807, 2.05) is 7.11 Å². The number of methoxy groups -OCH3 is 2. The molecule has 0 aromatic heterocycles. The van der Waals surface area contributed by atoms with Crippen LogP contribution < -0.4 is 14.8 Å². The Morgan fingerprint density at radius 3 is 1.90 bits per heavy atom. The van der Waals surface area contributed by atoms with Gasteiger partial charge >= 0.3 is 0 Å². The van der Waals surface area contributed by atoms with Crippen LogP contribution in [0.4, 0.5) is 0 Å². The summed E-state index contributed by atoms with van der Waals surface area (Å²) in [5, 5.41) is 1.20. The first-order valence-electron chi connectivity index (χ1n) is 8.30. The van der Waals surface area contributed by atoms with Gasteiger partial charge in [0.2, 0.25) is 0 Å². The summed E-state index contributed by atoms with van der Waals surface area (Å²) in [7, 11) is 6.49. The standard InChI is InChI=1S/C18H27O2P/c1-19-17-14(12-7-3-4-8-12)11-15(21)18(20-2)16(17)13-9-5-6-10-13/h11-13H,3-10,21H2,1-2H3. The van der Waals surface area contributed by atoms with E-state index in [0.29, 0.717) is 11.8 Å². The molecule has 2 aliphatic carbocycles. The maximum absolute atomic E-state index is 5.91. The van der Waals surface area contributed by atoms with Crippen molar-refractivity contribution in [3.63, 3.8) is 0 Å². The van der Waals surface area contributed by atoms with Gasteiger partial charge in [-0.15, -0.1) is 9.24 Å². The Kier molecular flexibility index (Phi) is 4.74. The third-order valence-corrected chi connectivity index (χ3v) is 5.72. The molecule has 0 N–H and O–H groups in total. The van der Waals surface area contributed by atoms with Crippen molar-refractivity contribution in [3.8, 4) is 11.5 Å². The zero-order valence-corrected chi connectivity index (χ0v) is 14.4. The summed E-state index contributed by atoms with van der Waals surface area (Å²) >= 11 is 0. The van der Waals surface area contributed by atoms with E-state index in [-0.39, 0.29) is 0 Å². The number of hydrogen-bond acceptors (Lipinski definition) is 2. The van der Waals surface area contributed by atoms with Crippen LogP contribution in [0.2, 0.25) is 0 Å². The van der Waals surface area contributed by atoms with Crippen molar-refractivity contribution in [2.75, 3.05) is 14.2 Å². The van der Waals surface area contributed by atoms with Gasteiger partial charge < -0.3 is 9.47 Å². The second-order valence-electron chi connectivity index (χ2n) is 6.50. The van der Waals surface area contributed by atoms with Crippen LogP contribution in [0.1, 0.15) is 74.3 Å². The molecule has 2 aliphatic rings. The molecule has 0 spiro atoms. The van der Waals surface area contributed by atoms with Gasteiger partial charge in [-0.25, -0.2) is 0 Å². The third kappa shape index (κ3) is 2.80. The van der Waals surface area contributed by atoms with Crippen molar-refractivity contribution in [2.24, 2.45) is 0 Å². The highest BCUT2D eigenvalue weighted by atomic mass is 31.0. The normalized spacial score (nSPS) is 20.1. The number of hydrogen-bond donors (Lipinski definition) is 0. The lowest BCUT2D eigenvalue weighted by molar-refractivity contribution is 0.375. The molecule has 1 aromatic rings. The topological polar surface area (TPSA) is 18.5 Å². The van der Waals surface area contributed by atoms with Gasteiger partial charge in [0, 0.05) is 10.9 Å². The van der Waals surface area contributed by atoms with E-state index < -0.39 is 0 Å². The fraction of sp³-hybridized carbons (Fsp3) is 0.667. The fourth-order valence-corrected chi connectivity index (χ4v) is 4.75. The number of benzene rings is 1. The highest BCUT2D eigenvalue weighted by molar-refractivity contribution is 7.27. The van der Waals surface area contributed by atoms with E-state index in [0.717, 1.165) is 11.5 Å². The molecule has 1 atom stereocenters. The SMILES string of the molecule is COc1c(P)cc(C2CCCC2)c(OC)c1C1CCCC1. The highest BCUT2D eigenvalue weighted by Crippen LogP contribution is 2.48. The molecular weight excluding hydrogens is 279 g/mol. The monoisotopic (exact) mass is 306 g/mol. The summed E-state index contributed by atoms with van der Waals surface area (Å²) in [6.07, 6.45) is 10.5. The first kappa shape index (κ1) is 15.2. The Balaban J connectivity index is 2.12. The molecule has 2 fully saturated rings. The van der Waals surface area contributed by atoms with Crippen molar-refractivity contribution < 1.29 is 9.47 Å². The minimum atomic E-state index is 0.607. The maximum Gasteiger partial charge on any atom is 0.133 e. The predicted molar refractivity (Wildman–Crippen MR) is 91.3 cm³/mol. The van der Waals surface area contributed by atoms with Crippen LogP contribution in [0.3, 0.4) is 0 Å². The maximum atomic E-state index is 5.91. The van der Waals surface area contributed by atoms with Gasteiger partial charge in [-0.2, -0.15) is 0 Å². The summed E-state index contributed by atoms with van der Waals surface area (Å²) in [5.74, 6) is 3.43. The van der Waals surface area contributed by atoms with Crippen molar-refractivity contribution >= 4 is 14.5 Å². The lowest BCUT2D eigenvalue weighted by atomic mass is 9.88. The number of ether oxygens (including phenoxy) is 2. The largest absolute Gasteiger partial charge is 0.496 e. The van der Waals surface area contributed by atoms with Crippen LogP contribution >= 0.6 is 9.24 Å².